The van der Waals surface area contributed by atoms with Gasteiger partial charge in [-0.2, -0.15) is 0 Å². The van der Waals surface area contributed by atoms with Crippen molar-refractivity contribution in [2.75, 3.05) is 36.0 Å². The maximum absolute atomic E-state index is 12.9. The molecule has 1 N–H and O–H groups in total. The number of amides is 1. The largest absolute Gasteiger partial charge is 0.368 e. The maximum Gasteiger partial charge on any atom is 0.230 e. The molecule has 2 aliphatic heterocycles. The Labute approximate surface area is 151 Å². The van der Waals surface area contributed by atoms with E-state index < -0.39 is 0 Å². The standard InChI is InChI=1S/C17H25N3O.2ClH/c1-3-19-10-11-20(16-7-5-4-6-15(16)19)17(21)14-8-9-18-13(2)12-14;;/h4-7,13-14,18H,3,8-12H2,1-2H3;2*1H/t13-,14-;;/m0../s1. The van der Waals surface area contributed by atoms with E-state index in [-0.39, 0.29) is 30.7 Å². The average molecular weight is 360 g/mol. The summed E-state index contributed by atoms with van der Waals surface area (Å²) in [6, 6.07) is 8.74. The third-order valence-corrected chi connectivity index (χ3v) is 4.73. The lowest BCUT2D eigenvalue weighted by molar-refractivity contribution is -0.123. The topological polar surface area (TPSA) is 35.6 Å². The predicted octanol–water partition coefficient (Wildman–Crippen LogP) is 3.09. The average Bonchev–Trinajstić information content (AvgIpc) is 2.53. The number of likely N-dealkylation sites (N-methyl/N-ethyl adjacent to an activating group) is 1. The highest BCUT2D eigenvalue weighted by atomic mass is 35.5. The molecular weight excluding hydrogens is 333 g/mol. The van der Waals surface area contributed by atoms with Crippen molar-refractivity contribution in [2.45, 2.75) is 32.7 Å². The van der Waals surface area contributed by atoms with E-state index in [1.165, 1.54) is 5.69 Å². The van der Waals surface area contributed by atoms with Gasteiger partial charge in [-0.1, -0.05) is 12.1 Å². The lowest BCUT2D eigenvalue weighted by atomic mass is 9.91. The fourth-order valence-electron chi connectivity index (χ4n) is 3.56. The van der Waals surface area contributed by atoms with Gasteiger partial charge in [0.2, 0.25) is 5.91 Å². The van der Waals surface area contributed by atoms with Crippen molar-refractivity contribution in [1.82, 2.24) is 5.32 Å². The number of nitrogens with one attached hydrogen (secondary N) is 1. The third-order valence-electron chi connectivity index (χ3n) is 4.73. The first-order chi connectivity index (χ1) is 10.2. The van der Waals surface area contributed by atoms with E-state index in [0.29, 0.717) is 11.9 Å². The number of benzene rings is 1. The van der Waals surface area contributed by atoms with Crippen molar-refractivity contribution in [3.05, 3.63) is 24.3 Å². The molecule has 0 aliphatic carbocycles. The number of para-hydroxylation sites is 2. The highest BCUT2D eigenvalue weighted by molar-refractivity contribution is 5.99. The highest BCUT2D eigenvalue weighted by Gasteiger charge is 2.32. The molecule has 1 fully saturated rings. The fourth-order valence-corrected chi connectivity index (χ4v) is 3.56. The smallest absolute Gasteiger partial charge is 0.230 e. The monoisotopic (exact) mass is 359 g/mol. The maximum atomic E-state index is 12.9. The van der Waals surface area contributed by atoms with Gasteiger partial charge in [-0.15, -0.1) is 24.8 Å². The van der Waals surface area contributed by atoms with Crippen molar-refractivity contribution in [1.29, 1.82) is 0 Å². The van der Waals surface area contributed by atoms with E-state index in [4.69, 9.17) is 0 Å². The number of piperidine rings is 1. The Morgan fingerprint density at radius 1 is 1.22 bits per heavy atom. The van der Waals surface area contributed by atoms with E-state index in [1.54, 1.807) is 0 Å². The summed E-state index contributed by atoms with van der Waals surface area (Å²) >= 11 is 0. The van der Waals surface area contributed by atoms with Crippen molar-refractivity contribution >= 4 is 42.1 Å². The summed E-state index contributed by atoms with van der Waals surface area (Å²) in [6.45, 7) is 8.02. The lowest BCUT2D eigenvalue weighted by Gasteiger charge is -2.39. The number of hydrogen-bond donors (Lipinski definition) is 1. The summed E-state index contributed by atoms with van der Waals surface area (Å²) < 4.78 is 0. The third kappa shape index (κ3) is 4.11. The Morgan fingerprint density at radius 3 is 2.57 bits per heavy atom. The molecule has 0 radical (unpaired) electrons. The van der Waals surface area contributed by atoms with Crippen LogP contribution in [0.25, 0.3) is 0 Å². The number of carbonyl (C=O) groups excluding carboxylic acids is 1. The van der Waals surface area contributed by atoms with E-state index in [9.17, 15) is 4.79 Å². The van der Waals surface area contributed by atoms with Gasteiger partial charge in [0, 0.05) is 31.6 Å². The summed E-state index contributed by atoms with van der Waals surface area (Å²) in [7, 11) is 0. The van der Waals surface area contributed by atoms with Crippen LogP contribution in [0.5, 0.6) is 0 Å². The zero-order chi connectivity index (χ0) is 14.8. The summed E-state index contributed by atoms with van der Waals surface area (Å²) in [4.78, 5) is 17.3. The molecule has 2 heterocycles. The van der Waals surface area contributed by atoms with Crippen LogP contribution in [-0.4, -0.2) is 38.1 Å². The van der Waals surface area contributed by atoms with Crippen LogP contribution in [0.2, 0.25) is 0 Å². The van der Waals surface area contributed by atoms with Gasteiger partial charge in [0.25, 0.3) is 0 Å². The van der Waals surface area contributed by atoms with Crippen LogP contribution in [0, 0.1) is 5.92 Å². The van der Waals surface area contributed by atoms with E-state index in [2.05, 4.69) is 42.3 Å². The molecule has 0 spiro atoms. The molecule has 0 saturated carbocycles. The van der Waals surface area contributed by atoms with Crippen LogP contribution < -0.4 is 15.1 Å². The molecule has 0 bridgehead atoms. The molecule has 0 aromatic heterocycles. The highest BCUT2D eigenvalue weighted by Crippen LogP contribution is 2.34. The molecule has 2 aliphatic rings. The van der Waals surface area contributed by atoms with E-state index in [1.807, 2.05) is 11.0 Å². The molecule has 4 nitrogen and oxygen atoms in total. The second-order valence-corrected chi connectivity index (χ2v) is 6.13. The molecule has 23 heavy (non-hydrogen) atoms. The Bertz CT molecular complexity index is 526. The van der Waals surface area contributed by atoms with Crippen LogP contribution >= 0.6 is 24.8 Å². The minimum Gasteiger partial charge on any atom is -0.368 e. The van der Waals surface area contributed by atoms with Crippen molar-refractivity contribution in [3.63, 3.8) is 0 Å². The summed E-state index contributed by atoms with van der Waals surface area (Å²) in [5, 5.41) is 3.43. The minimum atomic E-state index is 0. The van der Waals surface area contributed by atoms with Gasteiger partial charge in [-0.3, -0.25) is 4.79 Å². The van der Waals surface area contributed by atoms with Crippen LogP contribution in [0.15, 0.2) is 24.3 Å². The molecule has 0 unspecified atom stereocenters. The summed E-state index contributed by atoms with van der Waals surface area (Å²) in [6.07, 6.45) is 1.91. The normalized spacial score (nSPS) is 23.4. The zero-order valence-corrected chi connectivity index (χ0v) is 15.5. The first-order valence-electron chi connectivity index (χ1n) is 8.09. The molecule has 6 heteroatoms. The van der Waals surface area contributed by atoms with Crippen LogP contribution in [-0.2, 0) is 4.79 Å². The second-order valence-electron chi connectivity index (χ2n) is 6.13. The van der Waals surface area contributed by atoms with E-state index in [0.717, 1.165) is 44.7 Å². The first kappa shape index (κ1) is 20.1. The van der Waals surface area contributed by atoms with Gasteiger partial charge < -0.3 is 15.1 Å². The first-order valence-corrected chi connectivity index (χ1v) is 8.09. The number of hydrogen-bond acceptors (Lipinski definition) is 3. The van der Waals surface area contributed by atoms with Gasteiger partial charge in [0.05, 0.1) is 11.4 Å². The molecule has 1 aromatic rings. The Kier molecular flexibility index (Phi) is 7.65. The fraction of sp³-hybridized carbons (Fsp3) is 0.588. The number of fused-ring (bicyclic) bond motifs is 1. The van der Waals surface area contributed by atoms with E-state index >= 15 is 0 Å². The lowest BCUT2D eigenvalue weighted by Crippen LogP contribution is -2.49. The molecular formula is C17H27Cl2N3O. The Hall–Kier alpha value is -0.970. The quantitative estimate of drug-likeness (QED) is 0.881. The Balaban J connectivity index is 0.00000132. The summed E-state index contributed by atoms with van der Waals surface area (Å²) in [5.74, 6) is 0.481. The van der Waals surface area contributed by atoms with Crippen LogP contribution in [0.3, 0.4) is 0 Å². The predicted molar refractivity (Wildman–Crippen MR) is 101 cm³/mol. The minimum absolute atomic E-state index is 0. The van der Waals surface area contributed by atoms with Crippen LogP contribution in [0.4, 0.5) is 11.4 Å². The van der Waals surface area contributed by atoms with Crippen molar-refractivity contribution < 1.29 is 4.79 Å². The SMILES string of the molecule is CCN1CCN(C(=O)[C@H]2CCN[C@@H](C)C2)c2ccccc21.Cl.Cl. The number of anilines is 2. The molecule has 130 valence electrons. The molecule has 3 rings (SSSR count). The zero-order valence-electron chi connectivity index (χ0n) is 13.8. The van der Waals surface area contributed by atoms with Gasteiger partial charge in [0.15, 0.2) is 0 Å². The number of rotatable bonds is 2. The van der Waals surface area contributed by atoms with Gasteiger partial charge in [-0.25, -0.2) is 0 Å². The van der Waals surface area contributed by atoms with Gasteiger partial charge >= 0.3 is 0 Å². The summed E-state index contributed by atoms with van der Waals surface area (Å²) in [5.41, 5.74) is 2.28. The van der Waals surface area contributed by atoms with Crippen molar-refractivity contribution in [3.8, 4) is 0 Å². The molecule has 1 aromatic carbocycles. The van der Waals surface area contributed by atoms with Gasteiger partial charge in [-0.05, 0) is 45.4 Å². The van der Waals surface area contributed by atoms with Crippen LogP contribution in [0.1, 0.15) is 26.7 Å². The number of halogens is 2. The molecule has 1 saturated heterocycles. The molecule has 1 amide bonds. The number of nitrogens with zero attached hydrogens (tertiary/aromatic N) is 2. The van der Waals surface area contributed by atoms with Crippen molar-refractivity contribution in [2.24, 2.45) is 5.92 Å². The number of carbonyl (C=O) groups is 1. The Morgan fingerprint density at radius 2 is 1.91 bits per heavy atom. The van der Waals surface area contributed by atoms with Gasteiger partial charge in [0.1, 0.15) is 0 Å². The molecule has 2 atom stereocenters. The second kappa shape index (κ2) is 8.76.